The fourth-order valence-electron chi connectivity index (χ4n) is 2.26. The monoisotopic (exact) mass is 348 g/mol. The third kappa shape index (κ3) is 4.76. The number of hydrogen-bond donors (Lipinski definition) is 2. The minimum Gasteiger partial charge on any atom is -0.468 e. The van der Waals surface area contributed by atoms with Crippen LogP contribution in [0.25, 0.3) is 0 Å². The van der Waals surface area contributed by atoms with Crippen LogP contribution in [-0.2, 0) is 0 Å². The standard InChI is InChI=1S/C17H24N4O4/c1-5-10(2)16(13-8-18-25-12(13)4)24-15-7-6-14(20-21-15)17(23)19-11(3)9-22/h6-8,10-11,16,22H,5,9H2,1-4H3,(H,19,23)/t10?,11?,16-/m0/s1. The molecule has 2 aromatic heterocycles. The molecule has 2 N–H and O–H groups in total. The number of nitrogens with one attached hydrogen (secondary N) is 1. The van der Waals surface area contributed by atoms with E-state index >= 15 is 0 Å². The summed E-state index contributed by atoms with van der Waals surface area (Å²) in [6.07, 6.45) is 2.29. The molecule has 136 valence electrons. The number of aliphatic hydroxyl groups is 1. The van der Waals surface area contributed by atoms with Crippen LogP contribution in [0.5, 0.6) is 5.88 Å². The maximum absolute atomic E-state index is 11.9. The van der Waals surface area contributed by atoms with Gasteiger partial charge in [-0.25, -0.2) is 0 Å². The van der Waals surface area contributed by atoms with Crippen molar-refractivity contribution < 1.29 is 19.2 Å². The maximum atomic E-state index is 11.9. The highest BCUT2D eigenvalue weighted by atomic mass is 16.5. The molecule has 0 spiro atoms. The van der Waals surface area contributed by atoms with Crippen LogP contribution in [0.2, 0.25) is 0 Å². The van der Waals surface area contributed by atoms with Crippen molar-refractivity contribution in [2.24, 2.45) is 5.92 Å². The molecule has 2 unspecified atom stereocenters. The Morgan fingerprint density at radius 1 is 1.36 bits per heavy atom. The molecule has 0 saturated carbocycles. The van der Waals surface area contributed by atoms with E-state index in [0.717, 1.165) is 12.0 Å². The molecule has 8 heteroatoms. The lowest BCUT2D eigenvalue weighted by Gasteiger charge is -2.22. The highest BCUT2D eigenvalue weighted by Gasteiger charge is 2.25. The molecule has 0 saturated heterocycles. The molecule has 8 nitrogen and oxygen atoms in total. The Bertz CT molecular complexity index is 686. The van der Waals surface area contributed by atoms with Gasteiger partial charge in [0.05, 0.1) is 18.4 Å². The average molecular weight is 348 g/mol. The van der Waals surface area contributed by atoms with E-state index in [4.69, 9.17) is 14.4 Å². The van der Waals surface area contributed by atoms with Crippen LogP contribution in [0.4, 0.5) is 0 Å². The lowest BCUT2D eigenvalue weighted by molar-refractivity contribution is 0.0915. The minimum absolute atomic E-state index is 0.144. The molecule has 2 aromatic rings. The summed E-state index contributed by atoms with van der Waals surface area (Å²) in [6, 6.07) is 2.79. The predicted octanol–water partition coefficient (Wildman–Crippen LogP) is 2.05. The van der Waals surface area contributed by atoms with Crippen LogP contribution >= 0.6 is 0 Å². The van der Waals surface area contributed by atoms with Crippen LogP contribution < -0.4 is 10.1 Å². The van der Waals surface area contributed by atoms with E-state index in [9.17, 15) is 4.79 Å². The normalized spacial score (nSPS) is 14.6. The zero-order valence-electron chi connectivity index (χ0n) is 14.9. The Kier molecular flexibility index (Phi) is 6.46. The summed E-state index contributed by atoms with van der Waals surface area (Å²) in [7, 11) is 0. The zero-order valence-corrected chi connectivity index (χ0v) is 14.9. The number of ether oxygens (including phenoxy) is 1. The smallest absolute Gasteiger partial charge is 0.272 e. The summed E-state index contributed by atoms with van der Waals surface area (Å²) in [5.41, 5.74) is 1.03. The van der Waals surface area contributed by atoms with Gasteiger partial charge in [0.25, 0.3) is 5.91 Å². The first-order valence-corrected chi connectivity index (χ1v) is 8.29. The molecule has 3 atom stereocenters. The largest absolute Gasteiger partial charge is 0.468 e. The van der Waals surface area contributed by atoms with E-state index in [2.05, 4.69) is 34.5 Å². The summed E-state index contributed by atoms with van der Waals surface area (Å²) >= 11 is 0. The molecule has 0 aliphatic carbocycles. The van der Waals surface area contributed by atoms with Crippen LogP contribution in [0.3, 0.4) is 0 Å². The number of nitrogens with zero attached hydrogens (tertiary/aromatic N) is 3. The second-order valence-corrected chi connectivity index (χ2v) is 6.08. The van der Waals surface area contributed by atoms with Gasteiger partial charge in [-0.05, 0) is 32.3 Å². The number of carbonyl (C=O) groups excluding carboxylic acids is 1. The Labute approximate surface area is 146 Å². The molecular formula is C17H24N4O4. The Morgan fingerprint density at radius 3 is 2.64 bits per heavy atom. The fourth-order valence-corrected chi connectivity index (χ4v) is 2.26. The third-order valence-corrected chi connectivity index (χ3v) is 4.03. The van der Waals surface area contributed by atoms with Gasteiger partial charge in [-0.3, -0.25) is 4.79 Å². The first kappa shape index (κ1) is 18.9. The van der Waals surface area contributed by atoms with E-state index in [-0.39, 0.29) is 30.4 Å². The molecule has 0 aliphatic heterocycles. The van der Waals surface area contributed by atoms with Gasteiger partial charge in [0.15, 0.2) is 5.69 Å². The summed E-state index contributed by atoms with van der Waals surface area (Å²) in [5, 5.41) is 23.3. The number of amides is 1. The zero-order chi connectivity index (χ0) is 18.4. The summed E-state index contributed by atoms with van der Waals surface area (Å²) in [6.45, 7) is 7.53. The van der Waals surface area contributed by atoms with Crippen molar-refractivity contribution in [1.29, 1.82) is 0 Å². The van der Waals surface area contributed by atoms with E-state index in [1.165, 1.54) is 6.07 Å². The Balaban J connectivity index is 2.12. The van der Waals surface area contributed by atoms with Gasteiger partial charge >= 0.3 is 0 Å². The molecule has 0 aromatic carbocycles. The van der Waals surface area contributed by atoms with Crippen molar-refractivity contribution in [3.63, 3.8) is 0 Å². The van der Waals surface area contributed by atoms with Crippen LogP contribution in [-0.4, -0.2) is 39.0 Å². The van der Waals surface area contributed by atoms with Crippen molar-refractivity contribution in [2.75, 3.05) is 6.61 Å². The lowest BCUT2D eigenvalue weighted by Crippen LogP contribution is -2.35. The SMILES string of the molecule is CCC(C)[C@H](Oc1ccc(C(=O)NC(C)CO)nn1)c1cnoc1C. The lowest BCUT2D eigenvalue weighted by atomic mass is 9.96. The van der Waals surface area contributed by atoms with Crippen molar-refractivity contribution >= 4 is 5.91 Å². The summed E-state index contributed by atoms with van der Waals surface area (Å²) in [5.74, 6) is 0.840. The van der Waals surface area contributed by atoms with Gasteiger partial charge in [0, 0.05) is 12.1 Å². The van der Waals surface area contributed by atoms with Gasteiger partial charge in [-0.15, -0.1) is 10.2 Å². The molecule has 0 bridgehead atoms. The van der Waals surface area contributed by atoms with E-state index in [0.29, 0.717) is 11.6 Å². The molecule has 25 heavy (non-hydrogen) atoms. The van der Waals surface area contributed by atoms with Crippen LogP contribution in [0, 0.1) is 12.8 Å². The molecule has 1 amide bonds. The van der Waals surface area contributed by atoms with Crippen molar-refractivity contribution in [3.05, 3.63) is 35.3 Å². The minimum atomic E-state index is -0.394. The first-order chi connectivity index (χ1) is 12.0. The van der Waals surface area contributed by atoms with Gasteiger partial charge in [0.2, 0.25) is 5.88 Å². The summed E-state index contributed by atoms with van der Waals surface area (Å²) < 4.78 is 11.1. The van der Waals surface area contributed by atoms with Gasteiger partial charge in [0.1, 0.15) is 11.9 Å². The molecule has 0 radical (unpaired) electrons. The van der Waals surface area contributed by atoms with Crippen molar-refractivity contribution in [2.45, 2.75) is 46.3 Å². The highest BCUT2D eigenvalue weighted by Crippen LogP contribution is 2.31. The van der Waals surface area contributed by atoms with Crippen molar-refractivity contribution in [1.82, 2.24) is 20.7 Å². The van der Waals surface area contributed by atoms with E-state index < -0.39 is 5.91 Å². The van der Waals surface area contributed by atoms with E-state index in [1.54, 1.807) is 19.2 Å². The molecule has 2 rings (SSSR count). The number of rotatable bonds is 8. The number of aliphatic hydroxyl groups excluding tert-OH is 1. The van der Waals surface area contributed by atoms with Crippen molar-refractivity contribution in [3.8, 4) is 5.88 Å². The number of aryl methyl sites for hydroxylation is 1. The molecule has 2 heterocycles. The number of hydrogen-bond acceptors (Lipinski definition) is 7. The average Bonchev–Trinajstić information content (AvgIpc) is 3.05. The third-order valence-electron chi connectivity index (χ3n) is 4.03. The predicted molar refractivity (Wildman–Crippen MR) is 90.1 cm³/mol. The van der Waals surface area contributed by atoms with Crippen LogP contribution in [0.1, 0.15) is 55.1 Å². The van der Waals surface area contributed by atoms with Gasteiger partial charge in [-0.1, -0.05) is 19.0 Å². The van der Waals surface area contributed by atoms with Gasteiger partial charge < -0.3 is 19.7 Å². The highest BCUT2D eigenvalue weighted by molar-refractivity contribution is 5.92. The fraction of sp³-hybridized carbons (Fsp3) is 0.529. The molecule has 0 aliphatic rings. The molecular weight excluding hydrogens is 324 g/mol. The Morgan fingerprint density at radius 2 is 2.12 bits per heavy atom. The second-order valence-electron chi connectivity index (χ2n) is 6.08. The maximum Gasteiger partial charge on any atom is 0.272 e. The van der Waals surface area contributed by atoms with Gasteiger partial charge in [-0.2, -0.15) is 0 Å². The number of aromatic nitrogens is 3. The van der Waals surface area contributed by atoms with E-state index in [1.807, 2.05) is 6.92 Å². The quantitative estimate of drug-likeness (QED) is 0.751. The summed E-state index contributed by atoms with van der Waals surface area (Å²) in [4.78, 5) is 11.9. The topological polar surface area (TPSA) is 110 Å². The Hall–Kier alpha value is -2.48. The molecule has 0 fully saturated rings. The number of carbonyl (C=O) groups is 1. The van der Waals surface area contributed by atoms with Crippen LogP contribution in [0.15, 0.2) is 22.9 Å². The second kappa shape index (κ2) is 8.57. The first-order valence-electron chi connectivity index (χ1n) is 8.29.